The van der Waals surface area contributed by atoms with Crippen molar-refractivity contribution in [2.75, 3.05) is 13.1 Å². The quantitative estimate of drug-likeness (QED) is 0.701. The Kier molecular flexibility index (Phi) is 5.56. The Labute approximate surface area is 172 Å². The minimum absolute atomic E-state index is 0.0485. The lowest BCUT2D eigenvalue weighted by atomic mass is 10.0. The molecule has 1 fully saturated rings. The fourth-order valence-corrected chi connectivity index (χ4v) is 3.57. The molecular weight excluding hydrogens is 387 g/mol. The second kappa shape index (κ2) is 8.44. The van der Waals surface area contributed by atoms with Crippen LogP contribution >= 0.6 is 0 Å². The van der Waals surface area contributed by atoms with Crippen LogP contribution in [0.5, 0.6) is 5.75 Å². The maximum atomic E-state index is 13.8. The van der Waals surface area contributed by atoms with Crippen molar-refractivity contribution in [2.45, 2.75) is 25.4 Å². The molecule has 154 valence electrons. The van der Waals surface area contributed by atoms with Gasteiger partial charge in [0.15, 0.2) is 17.7 Å². The third-order valence-corrected chi connectivity index (χ3v) is 5.12. The summed E-state index contributed by atoms with van der Waals surface area (Å²) < 4.78 is 19.3. The summed E-state index contributed by atoms with van der Waals surface area (Å²) in [6, 6.07) is 11.0. The molecule has 2 unspecified atom stereocenters. The number of H-pyrrole nitrogens is 1. The van der Waals surface area contributed by atoms with Gasteiger partial charge in [0.25, 0.3) is 11.5 Å². The Morgan fingerprint density at radius 3 is 2.80 bits per heavy atom. The molecule has 0 bridgehead atoms. The number of benzene rings is 1. The first-order valence-electron chi connectivity index (χ1n) is 9.73. The van der Waals surface area contributed by atoms with E-state index >= 15 is 0 Å². The van der Waals surface area contributed by atoms with Crippen LogP contribution in [0.2, 0.25) is 0 Å². The molecule has 7 nitrogen and oxygen atoms in total. The van der Waals surface area contributed by atoms with Crippen molar-refractivity contribution in [3.63, 3.8) is 0 Å². The zero-order chi connectivity index (χ0) is 21.1. The molecule has 0 radical (unpaired) electrons. The largest absolute Gasteiger partial charge is 0.478 e. The first-order valence-corrected chi connectivity index (χ1v) is 9.73. The van der Waals surface area contributed by atoms with Crippen LogP contribution in [0.3, 0.4) is 0 Å². The van der Waals surface area contributed by atoms with Crippen molar-refractivity contribution in [3.05, 3.63) is 76.7 Å². The minimum Gasteiger partial charge on any atom is -0.478 e. The predicted octanol–water partition coefficient (Wildman–Crippen LogP) is 2.75. The summed E-state index contributed by atoms with van der Waals surface area (Å²) in [4.78, 5) is 37.9. The maximum absolute atomic E-state index is 13.8. The lowest BCUT2D eigenvalue weighted by Gasteiger charge is -2.22. The van der Waals surface area contributed by atoms with Crippen LogP contribution in [0.15, 0.2) is 59.7 Å². The Morgan fingerprint density at radius 2 is 2.03 bits per heavy atom. The monoisotopic (exact) mass is 408 g/mol. The number of para-hydroxylation sites is 1. The molecule has 0 saturated carbocycles. The first kappa shape index (κ1) is 19.8. The molecule has 30 heavy (non-hydrogen) atoms. The molecular formula is C22H21FN4O3. The van der Waals surface area contributed by atoms with E-state index in [0.717, 1.165) is 5.56 Å². The minimum atomic E-state index is -0.819. The molecule has 2 aromatic heterocycles. The number of halogens is 1. The van der Waals surface area contributed by atoms with Crippen LogP contribution in [-0.2, 0) is 4.79 Å². The van der Waals surface area contributed by atoms with Gasteiger partial charge < -0.3 is 14.6 Å². The smallest absolute Gasteiger partial charge is 0.263 e. The number of aromatic nitrogens is 3. The number of likely N-dealkylation sites (tertiary alicyclic amines) is 1. The topological polar surface area (TPSA) is 88.2 Å². The highest BCUT2D eigenvalue weighted by Crippen LogP contribution is 2.27. The number of rotatable bonds is 5. The maximum Gasteiger partial charge on any atom is 0.263 e. The van der Waals surface area contributed by atoms with Gasteiger partial charge in [0.1, 0.15) is 5.82 Å². The molecule has 0 aliphatic carbocycles. The molecule has 1 N–H and O–H groups in total. The van der Waals surface area contributed by atoms with Crippen LogP contribution in [0.1, 0.15) is 25.0 Å². The number of ether oxygens (including phenoxy) is 1. The van der Waals surface area contributed by atoms with E-state index in [-0.39, 0.29) is 23.1 Å². The molecule has 1 amide bonds. The van der Waals surface area contributed by atoms with Crippen molar-refractivity contribution in [3.8, 4) is 17.1 Å². The molecule has 3 aromatic rings. The number of hydrogen-bond donors (Lipinski definition) is 1. The van der Waals surface area contributed by atoms with E-state index in [1.54, 1.807) is 48.5 Å². The Balaban J connectivity index is 1.47. The van der Waals surface area contributed by atoms with Gasteiger partial charge in [0.05, 0.1) is 5.69 Å². The summed E-state index contributed by atoms with van der Waals surface area (Å²) >= 11 is 0. The van der Waals surface area contributed by atoms with Crippen LogP contribution in [0.25, 0.3) is 11.4 Å². The highest BCUT2D eigenvalue weighted by atomic mass is 19.1. The van der Waals surface area contributed by atoms with E-state index in [1.807, 2.05) is 0 Å². The SMILES string of the molecule is CC(Oc1ccccc1F)C(=O)N1CCC(c2cc(=O)[nH]c(-c3ccncc3)n2)C1. The summed E-state index contributed by atoms with van der Waals surface area (Å²) in [6.07, 6.45) is 3.13. The number of carbonyl (C=O) groups excluding carboxylic acids is 1. The Morgan fingerprint density at radius 1 is 1.27 bits per heavy atom. The van der Waals surface area contributed by atoms with Crippen molar-refractivity contribution in [1.29, 1.82) is 0 Å². The second-order valence-electron chi connectivity index (χ2n) is 7.22. The molecule has 0 spiro atoms. The van der Waals surface area contributed by atoms with Crippen molar-refractivity contribution < 1.29 is 13.9 Å². The summed E-state index contributed by atoms with van der Waals surface area (Å²) in [6.45, 7) is 2.55. The van der Waals surface area contributed by atoms with E-state index in [1.165, 1.54) is 18.2 Å². The van der Waals surface area contributed by atoms with Gasteiger partial charge in [0, 0.05) is 43.0 Å². The van der Waals surface area contributed by atoms with Crippen molar-refractivity contribution >= 4 is 5.91 Å². The number of nitrogens with zero attached hydrogens (tertiary/aromatic N) is 3. The van der Waals surface area contributed by atoms with Gasteiger partial charge >= 0.3 is 0 Å². The second-order valence-corrected chi connectivity index (χ2v) is 7.22. The van der Waals surface area contributed by atoms with E-state index in [2.05, 4.69) is 15.0 Å². The molecule has 4 rings (SSSR count). The standard InChI is InChI=1S/C22H21FN4O3/c1-14(30-19-5-3-2-4-17(19)23)22(29)27-11-8-16(13-27)18-12-20(28)26-21(25-18)15-6-9-24-10-7-15/h2-7,9-10,12,14,16H,8,11,13H2,1H3,(H,25,26,28). The average Bonchev–Trinajstić information content (AvgIpc) is 3.25. The van der Waals surface area contributed by atoms with Crippen molar-refractivity contribution in [1.82, 2.24) is 19.9 Å². The number of pyridine rings is 1. The van der Waals surface area contributed by atoms with Crippen LogP contribution in [-0.4, -0.2) is 45.0 Å². The van der Waals surface area contributed by atoms with Gasteiger partial charge in [-0.2, -0.15) is 0 Å². The molecule has 2 atom stereocenters. The van der Waals surface area contributed by atoms with E-state index < -0.39 is 11.9 Å². The number of aromatic amines is 1. The Hall–Kier alpha value is -3.55. The van der Waals surface area contributed by atoms with Gasteiger partial charge in [-0.1, -0.05) is 12.1 Å². The summed E-state index contributed by atoms with van der Waals surface area (Å²) in [5.41, 5.74) is 1.16. The number of hydrogen-bond acceptors (Lipinski definition) is 5. The van der Waals surface area contributed by atoms with Crippen LogP contribution in [0, 0.1) is 5.82 Å². The lowest BCUT2D eigenvalue weighted by Crippen LogP contribution is -2.39. The molecule has 1 aliphatic heterocycles. The van der Waals surface area contributed by atoms with Gasteiger partial charge in [-0.05, 0) is 37.6 Å². The zero-order valence-electron chi connectivity index (χ0n) is 16.4. The normalized spacial score (nSPS) is 17.0. The predicted molar refractivity (Wildman–Crippen MR) is 109 cm³/mol. The van der Waals surface area contributed by atoms with Gasteiger partial charge in [-0.15, -0.1) is 0 Å². The third-order valence-electron chi connectivity index (χ3n) is 5.12. The summed E-state index contributed by atoms with van der Waals surface area (Å²) in [7, 11) is 0. The number of carbonyl (C=O) groups is 1. The lowest BCUT2D eigenvalue weighted by molar-refractivity contribution is -0.136. The molecule has 8 heteroatoms. The first-order chi connectivity index (χ1) is 14.5. The summed E-state index contributed by atoms with van der Waals surface area (Å²) in [5.74, 6) is -0.265. The Bertz CT molecular complexity index is 1100. The van der Waals surface area contributed by atoms with Crippen LogP contribution < -0.4 is 10.3 Å². The van der Waals surface area contributed by atoms with Crippen LogP contribution in [0.4, 0.5) is 4.39 Å². The van der Waals surface area contributed by atoms with Gasteiger partial charge in [0.2, 0.25) is 0 Å². The molecule has 1 aromatic carbocycles. The average molecular weight is 408 g/mol. The summed E-state index contributed by atoms with van der Waals surface area (Å²) in [5, 5.41) is 0. The third kappa shape index (κ3) is 4.22. The highest BCUT2D eigenvalue weighted by Gasteiger charge is 2.32. The number of amides is 1. The molecule has 3 heterocycles. The fraction of sp³-hybridized carbons (Fsp3) is 0.273. The zero-order valence-corrected chi connectivity index (χ0v) is 16.4. The molecule has 1 aliphatic rings. The van der Waals surface area contributed by atoms with E-state index in [9.17, 15) is 14.0 Å². The molecule has 1 saturated heterocycles. The van der Waals surface area contributed by atoms with E-state index in [0.29, 0.717) is 31.0 Å². The van der Waals surface area contributed by atoms with E-state index in [4.69, 9.17) is 4.74 Å². The fourth-order valence-electron chi connectivity index (χ4n) is 3.57. The van der Waals surface area contributed by atoms with Crippen molar-refractivity contribution in [2.24, 2.45) is 0 Å². The number of nitrogens with one attached hydrogen (secondary N) is 1. The van der Waals surface area contributed by atoms with Gasteiger partial charge in [-0.3, -0.25) is 14.6 Å². The highest BCUT2D eigenvalue weighted by molar-refractivity contribution is 5.81. The van der Waals surface area contributed by atoms with Gasteiger partial charge in [-0.25, -0.2) is 9.37 Å².